The molecular weight excluding hydrogens is 1430 g/mol. The summed E-state index contributed by atoms with van der Waals surface area (Å²) in [6.45, 7) is 27.7. The molecule has 628 valence electrons. The molecule has 0 amide bonds. The molecule has 34 nitrogen and oxygen atoms in total. The highest BCUT2D eigenvalue weighted by molar-refractivity contribution is 6.61. The lowest BCUT2D eigenvalue weighted by atomic mass is 10.2. The number of nitrogens with two attached hydrogens (primary N) is 2. The number of hydrogen-bond donors (Lipinski definition) is 12. The fraction of sp³-hybridized carbons (Fsp3) is 1.00. The van der Waals surface area contributed by atoms with Crippen molar-refractivity contribution in [2.45, 2.75) is 139 Å². The van der Waals surface area contributed by atoms with Gasteiger partial charge in [-0.15, -0.1) is 0 Å². The second kappa shape index (κ2) is 65.0. The van der Waals surface area contributed by atoms with E-state index in [0.717, 1.165) is 32.7 Å². The minimum atomic E-state index is -2.68. The molecule has 0 spiro atoms. The lowest BCUT2D eigenvalue weighted by Crippen LogP contribution is -2.47. The summed E-state index contributed by atoms with van der Waals surface area (Å²) in [4.78, 5) is 8.48. The lowest BCUT2D eigenvalue weighted by molar-refractivity contribution is -0.0611. The first-order chi connectivity index (χ1) is 49.5. The zero-order valence-corrected chi connectivity index (χ0v) is 71.7. The minimum Gasteiger partial charge on any atom is -0.389 e. The molecular formula is C66H154N10O24Si4. The maximum absolute atomic E-state index is 10.9. The molecule has 6 atom stereocenters. The molecule has 0 rings (SSSR count). The van der Waals surface area contributed by atoms with Crippen LogP contribution < -0.4 is 32.7 Å². The van der Waals surface area contributed by atoms with Gasteiger partial charge in [0, 0.05) is 280 Å². The summed E-state index contributed by atoms with van der Waals surface area (Å²) in [7, 11) is 8.37. The van der Waals surface area contributed by atoms with Gasteiger partial charge in [-0.1, -0.05) is 0 Å². The van der Waals surface area contributed by atoms with E-state index in [0.29, 0.717) is 188 Å². The van der Waals surface area contributed by atoms with E-state index in [1.807, 2.05) is 46.4 Å². The largest absolute Gasteiger partial charge is 0.500 e. The second-order valence-corrected chi connectivity index (χ2v) is 39.7. The van der Waals surface area contributed by atoms with Crippen molar-refractivity contribution >= 4 is 35.2 Å². The van der Waals surface area contributed by atoms with E-state index in [2.05, 4.69) is 36.0 Å². The van der Waals surface area contributed by atoms with Gasteiger partial charge in [0.25, 0.3) is 0 Å². The van der Waals surface area contributed by atoms with Gasteiger partial charge in [0.05, 0.1) is 87.5 Å². The van der Waals surface area contributed by atoms with Crippen molar-refractivity contribution in [2.75, 3.05) is 295 Å². The Hall–Kier alpha value is -0.492. The number of ether oxygens (including phenoxy) is 6. The SMILES string of the molecule is CO[Si](CCCOCC(O)CN(CCNCCNCCN)CCN(CC(O)COCCC[Si](OC)(OC)OC)CC(O)COC(C)(C)C)(OC)OC.CO[Si](CCCOCC(O)CNCCN(CCNCCN(CCN)CC(O)COC(C)(C)C)CC(O)COCCC[Si](OC)(OC)OC)(OC)OC. The van der Waals surface area contributed by atoms with Gasteiger partial charge in [0.1, 0.15) is 0 Å². The highest BCUT2D eigenvalue weighted by Crippen LogP contribution is 2.19. The third-order valence-electron chi connectivity index (χ3n) is 16.6. The van der Waals surface area contributed by atoms with Gasteiger partial charge in [-0.2, -0.15) is 0 Å². The first kappa shape index (κ1) is 106. The average molecular weight is 1580 g/mol. The maximum Gasteiger partial charge on any atom is 0.500 e. The molecule has 0 aromatic heterocycles. The Morgan fingerprint density at radius 1 is 0.298 bits per heavy atom. The zero-order valence-electron chi connectivity index (χ0n) is 67.7. The molecule has 0 saturated carbocycles. The topological polar surface area (TPSA) is 401 Å². The van der Waals surface area contributed by atoms with Crippen LogP contribution in [-0.2, 0) is 81.5 Å². The molecule has 0 aliphatic carbocycles. The molecule has 0 bridgehead atoms. The molecule has 104 heavy (non-hydrogen) atoms. The third kappa shape index (κ3) is 55.8. The smallest absolute Gasteiger partial charge is 0.389 e. The predicted octanol–water partition coefficient (Wildman–Crippen LogP) is -1.61. The first-order valence-electron chi connectivity index (χ1n) is 36.9. The zero-order chi connectivity index (χ0) is 78.6. The first-order valence-corrected chi connectivity index (χ1v) is 44.7. The van der Waals surface area contributed by atoms with Crippen LogP contribution in [0.4, 0.5) is 0 Å². The number of nitrogens with zero attached hydrogens (tertiary/aromatic N) is 4. The molecule has 0 saturated heterocycles. The van der Waals surface area contributed by atoms with Gasteiger partial charge in [-0.05, 0) is 67.2 Å². The third-order valence-corrected chi connectivity index (χ3v) is 27.9. The van der Waals surface area contributed by atoms with Crippen LogP contribution >= 0.6 is 0 Å². The fourth-order valence-electron chi connectivity index (χ4n) is 10.6. The fourth-order valence-corrected chi connectivity index (χ4v) is 17.4. The summed E-state index contributed by atoms with van der Waals surface area (Å²) in [5.41, 5.74) is 10.7. The highest BCUT2D eigenvalue weighted by Gasteiger charge is 2.40. The highest BCUT2D eigenvalue weighted by atomic mass is 28.4. The van der Waals surface area contributed by atoms with Gasteiger partial charge in [0.15, 0.2) is 0 Å². The average Bonchev–Trinajstić information content (AvgIpc) is 0.920. The molecule has 0 aromatic rings. The van der Waals surface area contributed by atoms with E-state index in [9.17, 15) is 30.6 Å². The minimum absolute atomic E-state index is 0.136. The summed E-state index contributed by atoms with van der Waals surface area (Å²) >= 11 is 0. The molecule has 0 fully saturated rings. The molecule has 38 heteroatoms. The number of aliphatic hydroxyl groups excluding tert-OH is 6. The van der Waals surface area contributed by atoms with Crippen molar-refractivity contribution < 1.29 is 112 Å². The van der Waals surface area contributed by atoms with Gasteiger partial charge in [-0.25, -0.2) is 0 Å². The molecule has 14 N–H and O–H groups in total. The van der Waals surface area contributed by atoms with Crippen molar-refractivity contribution in [2.24, 2.45) is 11.5 Å². The second-order valence-electron chi connectivity index (χ2n) is 27.4. The number of nitrogens with one attached hydrogen (secondary N) is 4. The van der Waals surface area contributed by atoms with Gasteiger partial charge >= 0.3 is 35.2 Å². The van der Waals surface area contributed by atoms with E-state index >= 15 is 0 Å². The van der Waals surface area contributed by atoms with E-state index in [1.165, 1.54) is 0 Å². The Morgan fingerprint density at radius 2 is 0.548 bits per heavy atom. The summed E-state index contributed by atoms with van der Waals surface area (Å²) in [5, 5.41) is 77.9. The van der Waals surface area contributed by atoms with Crippen LogP contribution in [0.25, 0.3) is 0 Å². The van der Waals surface area contributed by atoms with Crippen LogP contribution in [-0.4, -0.2) is 429 Å². The van der Waals surface area contributed by atoms with Gasteiger partial charge in [0.2, 0.25) is 0 Å². The Bertz CT molecular complexity index is 1860. The van der Waals surface area contributed by atoms with Crippen molar-refractivity contribution in [3.05, 3.63) is 0 Å². The normalized spacial score (nSPS) is 14.8. The van der Waals surface area contributed by atoms with Crippen molar-refractivity contribution in [1.82, 2.24) is 40.9 Å². The van der Waals surface area contributed by atoms with Crippen LogP contribution in [0.1, 0.15) is 67.2 Å². The monoisotopic (exact) mass is 1580 g/mol. The Balaban J connectivity index is 0. The van der Waals surface area contributed by atoms with E-state index < -0.39 is 77.4 Å². The van der Waals surface area contributed by atoms with Gasteiger partial charge < -0.3 is 145 Å². The van der Waals surface area contributed by atoms with Crippen molar-refractivity contribution in [3.8, 4) is 0 Å². The van der Waals surface area contributed by atoms with E-state index in [4.69, 9.17) is 93.0 Å². The number of hydrogen-bond acceptors (Lipinski definition) is 34. The summed E-state index contributed by atoms with van der Waals surface area (Å²) in [6, 6.07) is 2.47. The van der Waals surface area contributed by atoms with Crippen LogP contribution in [0.3, 0.4) is 0 Å². The van der Waals surface area contributed by atoms with Crippen LogP contribution in [0, 0.1) is 0 Å². The summed E-state index contributed by atoms with van der Waals surface area (Å²) in [5.74, 6) is 0. The van der Waals surface area contributed by atoms with Crippen LogP contribution in [0.5, 0.6) is 0 Å². The maximum atomic E-state index is 10.9. The Morgan fingerprint density at radius 3 is 0.846 bits per heavy atom. The quantitative estimate of drug-likeness (QED) is 0.0241. The Labute approximate surface area is 631 Å². The molecule has 0 aliphatic rings. The summed E-state index contributed by atoms with van der Waals surface area (Å²) < 4.78 is 100. The van der Waals surface area contributed by atoms with E-state index in [-0.39, 0.29) is 45.2 Å². The lowest BCUT2D eigenvalue weighted by Gasteiger charge is -2.32. The van der Waals surface area contributed by atoms with E-state index in [1.54, 1.807) is 85.3 Å². The van der Waals surface area contributed by atoms with Crippen LogP contribution in [0.15, 0.2) is 0 Å². The standard InChI is InChI=1S/2C33H77N5O12Si2/c1-33(2,3)50-29-32(41)26-37(16-12-34)17-13-35-14-18-38(25-31(40)28-49-21-11-23-52(45-7,46-8)47-9)19-15-36-24-30(39)27-48-20-10-22-51(42-4,43-5)44-6;1-33(2,3)50-29-32(41)26-38(25-31(40)28-49-21-11-23-52(45-7,46-8)47-9)19-18-37(17-16-36-15-14-35-13-12-34)24-30(39)27-48-20-10-22-51(42-4,43-5)44-6/h2*30-32,35-36,39-41H,10-29,34H2,1-9H3. The number of aliphatic hydroxyl groups is 6. The molecule has 0 radical (unpaired) electrons. The molecule has 0 aliphatic heterocycles. The molecule has 6 unspecified atom stereocenters. The van der Waals surface area contributed by atoms with Crippen molar-refractivity contribution in [1.29, 1.82) is 0 Å². The van der Waals surface area contributed by atoms with Gasteiger partial charge in [-0.3, -0.25) is 19.6 Å². The predicted molar refractivity (Wildman–Crippen MR) is 411 cm³/mol. The van der Waals surface area contributed by atoms with Crippen LogP contribution in [0.2, 0.25) is 24.2 Å². The van der Waals surface area contributed by atoms with Crippen molar-refractivity contribution in [3.63, 3.8) is 0 Å². The summed E-state index contributed by atoms with van der Waals surface area (Å²) in [6.07, 6.45) is -1.45. The Kier molecular flexibility index (Phi) is 65.9. The molecule has 0 heterocycles. The number of rotatable bonds is 74. The molecule has 0 aromatic carbocycles.